The fraction of sp³-hybridized carbons (Fsp3) is 0.261. The van der Waals surface area contributed by atoms with Crippen LogP contribution in [0.5, 0.6) is 5.75 Å². The molecule has 2 aromatic heterocycles. The van der Waals surface area contributed by atoms with Gasteiger partial charge in [-0.2, -0.15) is 0 Å². The Hall–Kier alpha value is -2.63. The predicted molar refractivity (Wildman–Crippen MR) is 115 cm³/mol. The van der Waals surface area contributed by atoms with E-state index >= 15 is 0 Å². The molecule has 2 aromatic carbocycles. The largest absolute Gasteiger partial charge is 0.481 e. The molecule has 3 heterocycles. The zero-order valence-electron chi connectivity index (χ0n) is 16.0. The van der Waals surface area contributed by atoms with Crippen LogP contribution in [0.2, 0.25) is 10.0 Å². The van der Waals surface area contributed by atoms with Crippen molar-refractivity contribution in [1.29, 1.82) is 0 Å². The summed E-state index contributed by atoms with van der Waals surface area (Å²) in [5, 5.41) is 6.48. The minimum atomic E-state index is -0.200. The first kappa shape index (κ1) is 18.2. The zero-order valence-corrected chi connectivity index (χ0v) is 17.5. The van der Waals surface area contributed by atoms with E-state index in [0.717, 1.165) is 70.6 Å². The molecule has 0 saturated heterocycles. The van der Waals surface area contributed by atoms with E-state index in [9.17, 15) is 0 Å². The molecule has 2 aliphatic rings. The number of aryl methyl sites for hydroxylation is 1. The molecule has 0 N–H and O–H groups in total. The number of benzene rings is 2. The van der Waals surface area contributed by atoms with Gasteiger partial charge in [-0.05, 0) is 56.0 Å². The second-order valence-corrected chi connectivity index (χ2v) is 8.69. The summed E-state index contributed by atoms with van der Waals surface area (Å²) < 4.78 is 12.2. The highest BCUT2D eigenvalue weighted by Crippen LogP contribution is 2.47. The van der Waals surface area contributed by atoms with Crippen molar-refractivity contribution >= 4 is 34.1 Å². The summed E-state index contributed by atoms with van der Waals surface area (Å²) in [5.41, 5.74) is 5.74. The lowest BCUT2D eigenvalue weighted by Crippen LogP contribution is -2.08. The van der Waals surface area contributed by atoms with Gasteiger partial charge in [0, 0.05) is 38.5 Å². The zero-order chi connectivity index (χ0) is 20.2. The highest BCUT2D eigenvalue weighted by atomic mass is 35.5. The van der Waals surface area contributed by atoms with Gasteiger partial charge in [-0.25, -0.2) is 9.97 Å². The van der Waals surface area contributed by atoms with Crippen LogP contribution in [-0.4, -0.2) is 15.1 Å². The van der Waals surface area contributed by atoms with E-state index in [0.29, 0.717) is 16.5 Å². The summed E-state index contributed by atoms with van der Waals surface area (Å²) >= 11 is 12.6. The third-order valence-electron chi connectivity index (χ3n) is 5.93. The first-order chi connectivity index (χ1) is 14.7. The summed E-state index contributed by atoms with van der Waals surface area (Å²) in [4.78, 5) is 8.91. The lowest BCUT2D eigenvalue weighted by atomic mass is 9.93. The molecule has 1 aliphatic heterocycles. The number of hydrogen-bond acceptors (Lipinski definition) is 5. The minimum Gasteiger partial charge on any atom is -0.481 e. The maximum Gasteiger partial charge on any atom is 0.181 e. The number of ether oxygens (including phenoxy) is 1. The number of nitrogens with zero attached hydrogens (tertiary/aromatic N) is 3. The van der Waals surface area contributed by atoms with E-state index in [1.54, 1.807) is 6.33 Å². The second kappa shape index (κ2) is 6.96. The molecule has 5 nitrogen and oxygen atoms in total. The molecular formula is C23H17Cl2N3O2. The molecule has 6 rings (SSSR count). The Morgan fingerprint density at radius 1 is 0.967 bits per heavy atom. The third-order valence-corrected chi connectivity index (χ3v) is 6.39. The smallest absolute Gasteiger partial charge is 0.181 e. The van der Waals surface area contributed by atoms with Gasteiger partial charge in [-0.3, -0.25) is 0 Å². The molecule has 0 amide bonds. The van der Waals surface area contributed by atoms with Gasteiger partial charge in [-0.15, -0.1) is 0 Å². The highest BCUT2D eigenvalue weighted by molar-refractivity contribution is 6.31. The maximum atomic E-state index is 6.49. The molecule has 0 spiro atoms. The van der Waals surface area contributed by atoms with Crippen LogP contribution >= 0.6 is 23.2 Å². The molecule has 0 fully saturated rings. The van der Waals surface area contributed by atoms with E-state index in [4.69, 9.17) is 32.5 Å². The number of hydrogen-bond donors (Lipinski definition) is 0. The van der Waals surface area contributed by atoms with Gasteiger partial charge >= 0.3 is 0 Å². The van der Waals surface area contributed by atoms with Crippen molar-refractivity contribution in [3.8, 4) is 17.0 Å². The first-order valence-electron chi connectivity index (χ1n) is 10.0. The summed E-state index contributed by atoms with van der Waals surface area (Å²) in [6.07, 6.45) is 6.33. The Morgan fingerprint density at radius 2 is 1.87 bits per heavy atom. The Kier molecular flexibility index (Phi) is 4.22. The summed E-state index contributed by atoms with van der Waals surface area (Å²) in [5.74, 6) is 1.64. The summed E-state index contributed by atoms with van der Waals surface area (Å²) in [6.45, 7) is 0. The van der Waals surface area contributed by atoms with Crippen molar-refractivity contribution in [1.82, 2.24) is 15.1 Å². The standard InChI is InChI=1S/C23H17Cl2N3O2/c24-13-5-6-15-19(10-13)26-11-27-21(15)17-9-14(25)7-12-8-20(29-22(12)17)23-16-3-1-2-4-18(16)28-30-23/h5-7,9-11,20H,1-4,8H2/t20-/m1/s1. The van der Waals surface area contributed by atoms with Crippen molar-refractivity contribution in [3.63, 3.8) is 0 Å². The number of fused-ring (bicyclic) bond motifs is 3. The van der Waals surface area contributed by atoms with E-state index in [1.807, 2.05) is 30.3 Å². The molecular weight excluding hydrogens is 421 g/mol. The van der Waals surface area contributed by atoms with Crippen LogP contribution < -0.4 is 4.74 Å². The monoisotopic (exact) mass is 437 g/mol. The lowest BCUT2D eigenvalue weighted by Gasteiger charge is -2.14. The molecule has 1 atom stereocenters. The molecule has 0 bridgehead atoms. The van der Waals surface area contributed by atoms with Gasteiger partial charge < -0.3 is 9.26 Å². The van der Waals surface area contributed by atoms with Crippen molar-refractivity contribution in [3.05, 3.63) is 69.3 Å². The Balaban J connectivity index is 1.46. The van der Waals surface area contributed by atoms with Crippen molar-refractivity contribution in [2.75, 3.05) is 0 Å². The van der Waals surface area contributed by atoms with Crippen molar-refractivity contribution in [2.45, 2.75) is 38.2 Å². The molecule has 0 radical (unpaired) electrons. The predicted octanol–water partition coefficient (Wildman–Crippen LogP) is 6.15. The average Bonchev–Trinajstić information content (AvgIpc) is 3.36. The molecule has 4 aromatic rings. The topological polar surface area (TPSA) is 61.0 Å². The fourth-order valence-corrected chi connectivity index (χ4v) is 4.97. The van der Waals surface area contributed by atoms with Crippen LogP contribution in [0.3, 0.4) is 0 Å². The van der Waals surface area contributed by atoms with Gasteiger partial charge in [0.05, 0.1) is 16.9 Å². The van der Waals surface area contributed by atoms with Crippen LogP contribution in [0.1, 0.15) is 41.5 Å². The lowest BCUT2D eigenvalue weighted by molar-refractivity contribution is 0.189. The Bertz CT molecular complexity index is 1300. The highest BCUT2D eigenvalue weighted by Gasteiger charge is 2.34. The van der Waals surface area contributed by atoms with E-state index in [-0.39, 0.29) is 6.10 Å². The van der Waals surface area contributed by atoms with E-state index in [2.05, 4.69) is 15.1 Å². The average molecular weight is 438 g/mol. The van der Waals surface area contributed by atoms with Gasteiger partial charge in [0.2, 0.25) is 0 Å². The molecule has 150 valence electrons. The van der Waals surface area contributed by atoms with E-state index in [1.165, 1.54) is 5.56 Å². The third kappa shape index (κ3) is 2.88. The normalized spacial score (nSPS) is 17.6. The van der Waals surface area contributed by atoms with Gasteiger partial charge in [0.1, 0.15) is 12.1 Å². The van der Waals surface area contributed by atoms with Crippen LogP contribution in [0.15, 0.2) is 41.2 Å². The van der Waals surface area contributed by atoms with Crippen LogP contribution in [0, 0.1) is 0 Å². The Labute approximate surface area is 183 Å². The minimum absolute atomic E-state index is 0.200. The van der Waals surface area contributed by atoms with Crippen LogP contribution in [-0.2, 0) is 19.3 Å². The Morgan fingerprint density at radius 3 is 2.80 bits per heavy atom. The van der Waals surface area contributed by atoms with Gasteiger partial charge in [-0.1, -0.05) is 28.4 Å². The maximum absolute atomic E-state index is 6.49. The van der Waals surface area contributed by atoms with Crippen molar-refractivity contribution in [2.24, 2.45) is 0 Å². The SMILES string of the molecule is Clc1cc2c(c(-c3ncnc4cc(Cl)ccc34)c1)O[C@@H](c1onc3c1CCCC3)C2. The fourth-order valence-electron chi connectivity index (χ4n) is 4.56. The molecule has 7 heteroatoms. The van der Waals surface area contributed by atoms with Crippen LogP contribution in [0.25, 0.3) is 22.2 Å². The second-order valence-electron chi connectivity index (χ2n) is 7.82. The molecule has 0 saturated carbocycles. The van der Waals surface area contributed by atoms with Gasteiger partial charge in [0.15, 0.2) is 11.9 Å². The first-order valence-corrected chi connectivity index (χ1v) is 10.8. The molecule has 30 heavy (non-hydrogen) atoms. The number of halogens is 2. The summed E-state index contributed by atoms with van der Waals surface area (Å²) in [7, 11) is 0. The van der Waals surface area contributed by atoms with Gasteiger partial charge in [0.25, 0.3) is 0 Å². The van der Waals surface area contributed by atoms with Crippen molar-refractivity contribution < 1.29 is 9.26 Å². The number of aromatic nitrogens is 3. The molecule has 0 unspecified atom stereocenters. The van der Waals surface area contributed by atoms with E-state index < -0.39 is 0 Å². The quantitative estimate of drug-likeness (QED) is 0.376. The molecule has 1 aliphatic carbocycles. The number of rotatable bonds is 2. The van der Waals surface area contributed by atoms with Crippen LogP contribution in [0.4, 0.5) is 0 Å². The summed E-state index contributed by atoms with van der Waals surface area (Å²) in [6, 6.07) is 9.46.